The Bertz CT molecular complexity index is 750. The van der Waals surface area contributed by atoms with Gasteiger partial charge in [0.25, 0.3) is 11.1 Å². The molecule has 1 aromatic carbocycles. The Morgan fingerprint density at radius 2 is 1.81 bits per heavy atom. The van der Waals surface area contributed by atoms with E-state index < -0.39 is 11.1 Å². The van der Waals surface area contributed by atoms with Crippen LogP contribution in [0, 0.1) is 0 Å². The van der Waals surface area contributed by atoms with E-state index in [1.165, 1.54) is 0 Å². The Hall–Kier alpha value is -2.28. The van der Waals surface area contributed by atoms with Gasteiger partial charge in [0.15, 0.2) is 0 Å². The zero-order chi connectivity index (χ0) is 20.1. The normalized spacial score (nSPS) is 16.0. The molecule has 1 aromatic rings. The summed E-state index contributed by atoms with van der Waals surface area (Å²) in [4.78, 5) is 40.6. The third-order valence-corrected chi connectivity index (χ3v) is 4.98. The van der Waals surface area contributed by atoms with Crippen molar-refractivity contribution < 1.29 is 19.1 Å². The molecule has 0 N–H and O–H groups in total. The van der Waals surface area contributed by atoms with Gasteiger partial charge in [-0.3, -0.25) is 19.3 Å². The predicted octanol–water partition coefficient (Wildman–Crippen LogP) is 3.77. The van der Waals surface area contributed by atoms with Crippen LogP contribution < -0.4 is 4.74 Å². The Balaban J connectivity index is 2.21. The second-order valence-corrected chi connectivity index (χ2v) is 7.72. The fraction of sp³-hybridized carbons (Fsp3) is 0.450. The molecule has 0 atom stereocenters. The first-order chi connectivity index (χ1) is 12.8. The molecular formula is C20H26N2O4S. The van der Waals surface area contributed by atoms with Crippen LogP contribution in [0.4, 0.5) is 4.79 Å². The first-order valence-corrected chi connectivity index (χ1v) is 9.86. The van der Waals surface area contributed by atoms with Crippen molar-refractivity contribution in [3.63, 3.8) is 0 Å². The van der Waals surface area contributed by atoms with Gasteiger partial charge in [0, 0.05) is 17.6 Å². The van der Waals surface area contributed by atoms with Gasteiger partial charge in [-0.1, -0.05) is 18.2 Å². The maximum absolute atomic E-state index is 12.7. The van der Waals surface area contributed by atoms with Gasteiger partial charge in [-0.25, -0.2) is 0 Å². The molecule has 2 rings (SSSR count). The molecule has 146 valence electrons. The summed E-state index contributed by atoms with van der Waals surface area (Å²) in [5, 5.41) is -0.430. The van der Waals surface area contributed by atoms with E-state index >= 15 is 0 Å². The number of hydrogen-bond acceptors (Lipinski definition) is 5. The van der Waals surface area contributed by atoms with Gasteiger partial charge in [0.1, 0.15) is 12.3 Å². The van der Waals surface area contributed by atoms with Gasteiger partial charge < -0.3 is 9.64 Å². The fourth-order valence-corrected chi connectivity index (χ4v) is 3.88. The van der Waals surface area contributed by atoms with Gasteiger partial charge in [-0.15, -0.1) is 0 Å². The van der Waals surface area contributed by atoms with Gasteiger partial charge in [-0.2, -0.15) is 0 Å². The van der Waals surface area contributed by atoms with Crippen molar-refractivity contribution >= 4 is 34.9 Å². The summed E-state index contributed by atoms with van der Waals surface area (Å²) in [6.45, 7) is 9.79. The lowest BCUT2D eigenvalue weighted by Gasteiger charge is -2.31. The van der Waals surface area contributed by atoms with E-state index in [0.717, 1.165) is 22.2 Å². The molecule has 0 aliphatic carbocycles. The number of carbonyl (C=O) groups is 3. The van der Waals surface area contributed by atoms with Crippen LogP contribution in [-0.4, -0.2) is 52.1 Å². The van der Waals surface area contributed by atoms with Crippen LogP contribution in [0.5, 0.6) is 5.75 Å². The summed E-state index contributed by atoms with van der Waals surface area (Å²) in [6, 6.07) is 7.30. The van der Waals surface area contributed by atoms with Crippen LogP contribution in [0.3, 0.4) is 0 Å². The molecule has 0 spiro atoms. The number of rotatable bonds is 7. The van der Waals surface area contributed by atoms with Crippen molar-refractivity contribution in [2.24, 2.45) is 0 Å². The lowest BCUT2D eigenvalue weighted by molar-refractivity contribution is -0.138. The number of para-hydroxylation sites is 1. The molecule has 1 saturated heterocycles. The highest BCUT2D eigenvalue weighted by atomic mass is 32.2. The van der Waals surface area contributed by atoms with Crippen LogP contribution in [-0.2, 0) is 9.59 Å². The summed E-state index contributed by atoms with van der Waals surface area (Å²) in [7, 11) is 0. The van der Waals surface area contributed by atoms with Crippen molar-refractivity contribution in [2.45, 2.75) is 46.7 Å². The summed E-state index contributed by atoms with van der Waals surface area (Å²) < 4.78 is 5.56. The monoisotopic (exact) mass is 390 g/mol. The molecule has 3 amide bonds. The summed E-state index contributed by atoms with van der Waals surface area (Å²) >= 11 is 0.846. The zero-order valence-corrected chi connectivity index (χ0v) is 17.2. The largest absolute Gasteiger partial charge is 0.493 e. The average Bonchev–Trinajstić information content (AvgIpc) is 2.83. The number of carbonyl (C=O) groups excluding carboxylic acids is 3. The van der Waals surface area contributed by atoms with Crippen molar-refractivity contribution in [2.75, 3.05) is 13.2 Å². The Labute approximate surface area is 164 Å². The van der Waals surface area contributed by atoms with Crippen LogP contribution in [0.1, 0.15) is 40.2 Å². The van der Waals surface area contributed by atoms with Gasteiger partial charge >= 0.3 is 0 Å². The second-order valence-electron chi connectivity index (χ2n) is 6.73. The minimum atomic E-state index is -0.447. The topological polar surface area (TPSA) is 66.9 Å². The highest BCUT2D eigenvalue weighted by Crippen LogP contribution is 2.34. The third kappa shape index (κ3) is 4.91. The first-order valence-electron chi connectivity index (χ1n) is 9.04. The van der Waals surface area contributed by atoms with Crippen LogP contribution in [0.15, 0.2) is 29.2 Å². The highest BCUT2D eigenvalue weighted by Gasteiger charge is 2.37. The molecule has 1 fully saturated rings. The molecular weight excluding hydrogens is 364 g/mol. The van der Waals surface area contributed by atoms with E-state index in [1.807, 2.05) is 58.9 Å². The molecule has 0 radical (unpaired) electrons. The smallest absolute Gasteiger partial charge is 0.294 e. The summed E-state index contributed by atoms with van der Waals surface area (Å²) in [6.07, 6.45) is 1.64. The molecule has 0 bridgehead atoms. The minimum Gasteiger partial charge on any atom is -0.493 e. The maximum Gasteiger partial charge on any atom is 0.294 e. The van der Waals surface area contributed by atoms with E-state index in [-0.39, 0.29) is 24.5 Å². The standard InChI is InChI=1S/C20H26N2O4S/c1-6-26-16-10-8-7-9-15(16)11-17-19(24)21(20(25)27-17)12-18(23)22(13(2)3)14(4)5/h7-11,13-14H,6,12H2,1-5H3/b17-11-. The van der Waals surface area contributed by atoms with Crippen molar-refractivity contribution in [1.29, 1.82) is 0 Å². The Morgan fingerprint density at radius 1 is 1.19 bits per heavy atom. The Kier molecular flexibility index (Phi) is 7.07. The van der Waals surface area contributed by atoms with Crippen molar-refractivity contribution in [1.82, 2.24) is 9.80 Å². The minimum absolute atomic E-state index is 0.00829. The molecule has 27 heavy (non-hydrogen) atoms. The molecule has 1 heterocycles. The maximum atomic E-state index is 12.7. The predicted molar refractivity (Wildman–Crippen MR) is 107 cm³/mol. The average molecular weight is 391 g/mol. The van der Waals surface area contributed by atoms with Crippen LogP contribution in [0.2, 0.25) is 0 Å². The van der Waals surface area contributed by atoms with E-state index in [9.17, 15) is 14.4 Å². The molecule has 7 heteroatoms. The lowest BCUT2D eigenvalue weighted by atomic mass is 10.2. The van der Waals surface area contributed by atoms with Crippen LogP contribution >= 0.6 is 11.8 Å². The van der Waals surface area contributed by atoms with Crippen LogP contribution in [0.25, 0.3) is 6.08 Å². The molecule has 0 unspecified atom stereocenters. The number of nitrogens with zero attached hydrogens (tertiary/aromatic N) is 2. The number of imide groups is 1. The van der Waals surface area contributed by atoms with Gasteiger partial charge in [0.2, 0.25) is 5.91 Å². The van der Waals surface area contributed by atoms with Crippen molar-refractivity contribution in [3.05, 3.63) is 34.7 Å². The highest BCUT2D eigenvalue weighted by molar-refractivity contribution is 8.18. The SMILES string of the molecule is CCOc1ccccc1/C=C1\SC(=O)N(CC(=O)N(C(C)C)C(C)C)C1=O. The van der Waals surface area contributed by atoms with Gasteiger partial charge in [0.05, 0.1) is 11.5 Å². The summed E-state index contributed by atoms with van der Waals surface area (Å²) in [5.74, 6) is -0.0379. The van der Waals surface area contributed by atoms with E-state index in [4.69, 9.17) is 4.74 Å². The zero-order valence-electron chi connectivity index (χ0n) is 16.4. The van der Waals surface area contributed by atoms with E-state index in [1.54, 1.807) is 11.0 Å². The number of hydrogen-bond donors (Lipinski definition) is 0. The molecule has 1 aliphatic rings. The van der Waals surface area contributed by atoms with Crippen molar-refractivity contribution in [3.8, 4) is 5.75 Å². The summed E-state index contributed by atoms with van der Waals surface area (Å²) in [5.41, 5.74) is 0.724. The molecule has 6 nitrogen and oxygen atoms in total. The number of amides is 3. The molecule has 1 aliphatic heterocycles. The molecule has 0 saturated carbocycles. The lowest BCUT2D eigenvalue weighted by Crippen LogP contribution is -2.48. The van der Waals surface area contributed by atoms with E-state index in [0.29, 0.717) is 17.3 Å². The van der Waals surface area contributed by atoms with E-state index in [2.05, 4.69) is 0 Å². The fourth-order valence-electron chi connectivity index (χ4n) is 3.05. The quantitative estimate of drug-likeness (QED) is 0.663. The number of ether oxygens (including phenoxy) is 1. The number of benzene rings is 1. The van der Waals surface area contributed by atoms with Gasteiger partial charge in [-0.05, 0) is 58.5 Å². The second kappa shape index (κ2) is 9.08. The number of thioether (sulfide) groups is 1. The first kappa shape index (κ1) is 21.0. The third-order valence-electron chi connectivity index (χ3n) is 4.07. The Morgan fingerprint density at radius 3 is 2.41 bits per heavy atom. The molecule has 0 aromatic heterocycles.